The van der Waals surface area contributed by atoms with Gasteiger partial charge in [0.05, 0.1) is 0 Å². The van der Waals surface area contributed by atoms with Gasteiger partial charge in [-0.25, -0.2) is 0 Å². The second kappa shape index (κ2) is 5.07. The summed E-state index contributed by atoms with van der Waals surface area (Å²) in [4.78, 5) is 22.3. The van der Waals surface area contributed by atoms with Crippen LogP contribution in [0.2, 0.25) is 0 Å². The van der Waals surface area contributed by atoms with Crippen molar-refractivity contribution in [3.8, 4) is 0 Å². The lowest BCUT2D eigenvalue weighted by Gasteiger charge is -2.04. The van der Waals surface area contributed by atoms with Crippen LogP contribution in [-0.4, -0.2) is 12.2 Å². The van der Waals surface area contributed by atoms with Crippen molar-refractivity contribution in [2.75, 3.05) is 5.32 Å². The van der Waals surface area contributed by atoms with Crippen molar-refractivity contribution >= 4 is 17.9 Å². The summed E-state index contributed by atoms with van der Waals surface area (Å²) in [5.74, 6) is -0.186. The number of rotatable bonds is 3. The van der Waals surface area contributed by atoms with Crippen LogP contribution in [0.25, 0.3) is 0 Å². The molecule has 3 heteroatoms. The van der Waals surface area contributed by atoms with Crippen LogP contribution in [0.15, 0.2) is 54.6 Å². The molecule has 0 spiro atoms. The Morgan fingerprint density at radius 2 is 1.59 bits per heavy atom. The van der Waals surface area contributed by atoms with Crippen molar-refractivity contribution in [2.45, 2.75) is 0 Å². The molecule has 0 fully saturated rings. The fourth-order valence-electron chi connectivity index (χ4n) is 1.44. The summed E-state index contributed by atoms with van der Waals surface area (Å²) >= 11 is 0. The topological polar surface area (TPSA) is 46.2 Å². The molecule has 0 heterocycles. The van der Waals surface area contributed by atoms with Gasteiger partial charge in [-0.1, -0.05) is 30.3 Å². The molecule has 0 unspecified atom stereocenters. The maximum absolute atomic E-state index is 11.8. The molecule has 17 heavy (non-hydrogen) atoms. The molecule has 84 valence electrons. The fourth-order valence-corrected chi connectivity index (χ4v) is 1.44. The van der Waals surface area contributed by atoms with E-state index in [2.05, 4.69) is 5.32 Å². The molecule has 0 atom stereocenters. The molecule has 0 saturated carbocycles. The van der Waals surface area contributed by atoms with Crippen LogP contribution in [0.3, 0.4) is 0 Å². The van der Waals surface area contributed by atoms with Crippen LogP contribution in [-0.2, 0) is 0 Å². The lowest BCUT2D eigenvalue weighted by atomic mass is 10.1. The van der Waals surface area contributed by atoms with Crippen LogP contribution in [0.1, 0.15) is 20.7 Å². The molecule has 0 aromatic heterocycles. The molecular weight excluding hydrogens is 214 g/mol. The van der Waals surface area contributed by atoms with E-state index in [0.717, 1.165) is 12.0 Å². The molecule has 0 radical (unpaired) electrons. The van der Waals surface area contributed by atoms with Crippen molar-refractivity contribution in [1.29, 1.82) is 0 Å². The predicted octanol–water partition coefficient (Wildman–Crippen LogP) is 2.75. The summed E-state index contributed by atoms with van der Waals surface area (Å²) < 4.78 is 0. The maximum atomic E-state index is 11.8. The van der Waals surface area contributed by atoms with E-state index >= 15 is 0 Å². The molecule has 1 amide bonds. The van der Waals surface area contributed by atoms with E-state index < -0.39 is 0 Å². The monoisotopic (exact) mass is 225 g/mol. The molecule has 2 rings (SSSR count). The third kappa shape index (κ3) is 2.78. The first-order valence-corrected chi connectivity index (χ1v) is 5.21. The summed E-state index contributed by atoms with van der Waals surface area (Å²) in [7, 11) is 0. The van der Waals surface area contributed by atoms with Gasteiger partial charge in [0.1, 0.15) is 6.29 Å². The Hall–Kier alpha value is -2.42. The number of aldehydes is 1. The van der Waals surface area contributed by atoms with Gasteiger partial charge in [-0.3, -0.25) is 9.59 Å². The van der Waals surface area contributed by atoms with E-state index in [4.69, 9.17) is 0 Å². The zero-order valence-corrected chi connectivity index (χ0v) is 9.09. The number of nitrogens with one attached hydrogen (secondary N) is 1. The average molecular weight is 225 g/mol. The fraction of sp³-hybridized carbons (Fsp3) is 0. The van der Waals surface area contributed by atoms with E-state index in [0.29, 0.717) is 11.1 Å². The molecular formula is C14H11NO2. The van der Waals surface area contributed by atoms with Gasteiger partial charge in [0.15, 0.2) is 0 Å². The van der Waals surface area contributed by atoms with Crippen molar-refractivity contribution in [3.05, 3.63) is 65.7 Å². The van der Waals surface area contributed by atoms with Gasteiger partial charge in [-0.2, -0.15) is 0 Å². The molecule has 0 aliphatic heterocycles. The third-order valence-electron chi connectivity index (χ3n) is 2.34. The minimum atomic E-state index is -0.186. The maximum Gasteiger partial charge on any atom is 0.255 e. The van der Waals surface area contributed by atoms with Crippen molar-refractivity contribution < 1.29 is 9.59 Å². The van der Waals surface area contributed by atoms with Gasteiger partial charge in [-0.05, 0) is 24.3 Å². The zero-order valence-electron chi connectivity index (χ0n) is 9.09. The Labute approximate surface area is 99.1 Å². The van der Waals surface area contributed by atoms with Crippen LogP contribution in [0, 0.1) is 0 Å². The second-order valence-electron chi connectivity index (χ2n) is 3.56. The molecule has 0 aliphatic carbocycles. The lowest BCUT2D eigenvalue weighted by Crippen LogP contribution is -2.11. The summed E-state index contributed by atoms with van der Waals surface area (Å²) in [5, 5.41) is 2.77. The van der Waals surface area contributed by atoms with Crippen LogP contribution in [0.5, 0.6) is 0 Å². The molecule has 0 aliphatic rings. The summed E-state index contributed by atoms with van der Waals surface area (Å²) in [6.07, 6.45) is 0.749. The lowest BCUT2D eigenvalue weighted by molar-refractivity contribution is 0.102. The minimum Gasteiger partial charge on any atom is -0.322 e. The summed E-state index contributed by atoms with van der Waals surface area (Å²) in [6.45, 7) is 0. The van der Waals surface area contributed by atoms with Gasteiger partial charge in [0, 0.05) is 16.8 Å². The highest BCUT2D eigenvalue weighted by Gasteiger charge is 2.05. The Morgan fingerprint density at radius 3 is 2.18 bits per heavy atom. The number of para-hydroxylation sites is 1. The normalized spacial score (nSPS) is 9.65. The standard InChI is InChI=1S/C14H11NO2/c16-10-11-6-8-12(9-7-11)14(17)15-13-4-2-1-3-5-13/h1-10H,(H,15,17). The number of hydrogen-bond acceptors (Lipinski definition) is 2. The molecule has 1 N–H and O–H groups in total. The smallest absolute Gasteiger partial charge is 0.255 e. The molecule has 3 nitrogen and oxygen atoms in total. The van der Waals surface area contributed by atoms with Gasteiger partial charge in [-0.15, -0.1) is 0 Å². The summed E-state index contributed by atoms with van der Waals surface area (Å²) in [6, 6.07) is 15.7. The van der Waals surface area contributed by atoms with Gasteiger partial charge < -0.3 is 5.32 Å². The Balaban J connectivity index is 2.12. The predicted molar refractivity (Wildman–Crippen MR) is 66.2 cm³/mol. The Bertz CT molecular complexity index is 518. The van der Waals surface area contributed by atoms with Gasteiger partial charge >= 0.3 is 0 Å². The SMILES string of the molecule is O=Cc1ccc(C(=O)Nc2ccccc2)cc1. The number of anilines is 1. The van der Waals surface area contributed by atoms with Crippen LogP contribution >= 0.6 is 0 Å². The highest BCUT2D eigenvalue weighted by Crippen LogP contribution is 2.09. The number of carbonyl (C=O) groups excluding carboxylic acids is 2. The number of hydrogen-bond donors (Lipinski definition) is 1. The van der Waals surface area contributed by atoms with Gasteiger partial charge in [0.2, 0.25) is 0 Å². The first-order chi connectivity index (χ1) is 8.29. The highest BCUT2D eigenvalue weighted by molar-refractivity contribution is 6.04. The first kappa shape index (κ1) is 11.1. The van der Waals surface area contributed by atoms with E-state index in [1.165, 1.54) is 0 Å². The third-order valence-corrected chi connectivity index (χ3v) is 2.34. The minimum absolute atomic E-state index is 0.186. The molecule has 2 aromatic carbocycles. The first-order valence-electron chi connectivity index (χ1n) is 5.21. The van der Waals surface area contributed by atoms with Crippen molar-refractivity contribution in [3.63, 3.8) is 0 Å². The Morgan fingerprint density at radius 1 is 0.941 bits per heavy atom. The number of amides is 1. The van der Waals surface area contributed by atoms with E-state index in [1.807, 2.05) is 30.3 Å². The summed E-state index contributed by atoms with van der Waals surface area (Å²) in [5.41, 5.74) is 1.83. The average Bonchev–Trinajstić information content (AvgIpc) is 2.40. The van der Waals surface area contributed by atoms with Crippen molar-refractivity contribution in [2.24, 2.45) is 0 Å². The quantitative estimate of drug-likeness (QED) is 0.816. The Kier molecular flexibility index (Phi) is 3.31. The van der Waals surface area contributed by atoms with Crippen LogP contribution < -0.4 is 5.32 Å². The van der Waals surface area contributed by atoms with E-state index in [1.54, 1.807) is 24.3 Å². The zero-order chi connectivity index (χ0) is 12.1. The molecule has 0 saturated heterocycles. The van der Waals surface area contributed by atoms with E-state index in [-0.39, 0.29) is 5.91 Å². The van der Waals surface area contributed by atoms with Crippen LogP contribution in [0.4, 0.5) is 5.69 Å². The highest BCUT2D eigenvalue weighted by atomic mass is 16.1. The number of benzene rings is 2. The second-order valence-corrected chi connectivity index (χ2v) is 3.56. The largest absolute Gasteiger partial charge is 0.322 e. The van der Waals surface area contributed by atoms with Gasteiger partial charge in [0.25, 0.3) is 5.91 Å². The van der Waals surface area contributed by atoms with E-state index in [9.17, 15) is 9.59 Å². The number of carbonyl (C=O) groups is 2. The molecule has 2 aromatic rings. The van der Waals surface area contributed by atoms with Crippen molar-refractivity contribution in [1.82, 2.24) is 0 Å². The molecule has 0 bridgehead atoms.